The molecule has 0 fully saturated rings. The molecule has 0 aliphatic carbocycles. The van der Waals surface area contributed by atoms with Crippen molar-refractivity contribution in [1.29, 1.82) is 0 Å². The molecule has 3 nitrogen and oxygen atoms in total. The summed E-state index contributed by atoms with van der Waals surface area (Å²) in [5.41, 5.74) is 0. The lowest BCUT2D eigenvalue weighted by molar-refractivity contribution is -0.146. The standard InChI is InChI=1S/C7H12O3/c1-2-3-4-5-6(8)7(9)10/h2,6,8H,1,3-5H2,(H,9,10)/t6-/m0/s1. The van der Waals surface area contributed by atoms with Gasteiger partial charge in [-0.05, 0) is 19.3 Å². The lowest BCUT2D eigenvalue weighted by atomic mass is 10.1. The van der Waals surface area contributed by atoms with E-state index in [2.05, 4.69) is 6.58 Å². The van der Waals surface area contributed by atoms with Gasteiger partial charge in [-0.2, -0.15) is 0 Å². The molecule has 0 aliphatic heterocycles. The molecule has 58 valence electrons. The van der Waals surface area contributed by atoms with E-state index in [1.54, 1.807) is 6.08 Å². The van der Waals surface area contributed by atoms with E-state index in [-0.39, 0.29) is 0 Å². The lowest BCUT2D eigenvalue weighted by Gasteiger charge is -2.01. The third-order valence-electron chi connectivity index (χ3n) is 1.17. The molecule has 0 rings (SSSR count). The number of aliphatic hydroxyl groups excluding tert-OH is 1. The van der Waals surface area contributed by atoms with Crippen molar-refractivity contribution in [3.63, 3.8) is 0 Å². The van der Waals surface area contributed by atoms with E-state index in [1.165, 1.54) is 0 Å². The quantitative estimate of drug-likeness (QED) is 0.443. The molecule has 0 radical (unpaired) electrons. The fourth-order valence-corrected chi connectivity index (χ4v) is 0.579. The molecule has 0 spiro atoms. The van der Waals surface area contributed by atoms with Gasteiger partial charge < -0.3 is 10.2 Å². The molecular weight excluding hydrogens is 132 g/mol. The molecular formula is C7H12O3. The number of rotatable bonds is 5. The van der Waals surface area contributed by atoms with E-state index in [1.807, 2.05) is 0 Å². The number of aliphatic hydroxyl groups is 1. The zero-order valence-electron chi connectivity index (χ0n) is 5.79. The molecule has 0 saturated heterocycles. The van der Waals surface area contributed by atoms with Crippen molar-refractivity contribution < 1.29 is 15.0 Å². The summed E-state index contributed by atoms with van der Waals surface area (Å²) in [6.07, 6.45) is 2.23. The van der Waals surface area contributed by atoms with Crippen LogP contribution in [0.25, 0.3) is 0 Å². The molecule has 0 heterocycles. The first-order valence-electron chi connectivity index (χ1n) is 3.20. The van der Waals surface area contributed by atoms with Crippen molar-refractivity contribution >= 4 is 5.97 Å². The first-order chi connectivity index (χ1) is 4.68. The van der Waals surface area contributed by atoms with Crippen molar-refractivity contribution in [3.05, 3.63) is 12.7 Å². The average Bonchev–Trinajstić information content (AvgIpc) is 1.88. The van der Waals surface area contributed by atoms with Crippen LogP contribution in [0, 0.1) is 0 Å². The number of unbranched alkanes of at least 4 members (excludes halogenated alkanes) is 1. The molecule has 10 heavy (non-hydrogen) atoms. The SMILES string of the molecule is C=CCCC[C@H](O)C(=O)O. The van der Waals surface area contributed by atoms with Crippen LogP contribution >= 0.6 is 0 Å². The van der Waals surface area contributed by atoms with Crippen LogP contribution in [0.3, 0.4) is 0 Å². The van der Waals surface area contributed by atoms with Gasteiger partial charge in [0, 0.05) is 0 Å². The second-order valence-corrected chi connectivity index (χ2v) is 2.07. The summed E-state index contributed by atoms with van der Waals surface area (Å²) >= 11 is 0. The van der Waals surface area contributed by atoms with Gasteiger partial charge in [-0.3, -0.25) is 0 Å². The van der Waals surface area contributed by atoms with Gasteiger partial charge in [0.25, 0.3) is 0 Å². The van der Waals surface area contributed by atoms with Crippen molar-refractivity contribution in [2.24, 2.45) is 0 Å². The van der Waals surface area contributed by atoms with E-state index < -0.39 is 12.1 Å². The summed E-state index contributed by atoms with van der Waals surface area (Å²) in [5, 5.41) is 16.9. The van der Waals surface area contributed by atoms with Crippen LogP contribution in [-0.2, 0) is 4.79 Å². The molecule has 0 amide bonds. The maximum atomic E-state index is 10.0. The summed E-state index contributed by atoms with van der Waals surface area (Å²) in [7, 11) is 0. The van der Waals surface area contributed by atoms with Gasteiger partial charge in [0.1, 0.15) is 0 Å². The third-order valence-corrected chi connectivity index (χ3v) is 1.17. The van der Waals surface area contributed by atoms with E-state index in [9.17, 15) is 4.79 Å². The third kappa shape index (κ3) is 4.09. The normalized spacial score (nSPS) is 12.5. The Kier molecular flexibility index (Phi) is 4.58. The van der Waals surface area contributed by atoms with Crippen molar-refractivity contribution in [1.82, 2.24) is 0 Å². The number of carboxylic acids is 1. The Morgan fingerprint density at radius 3 is 2.70 bits per heavy atom. The number of aliphatic carboxylic acids is 1. The topological polar surface area (TPSA) is 57.5 Å². The first-order valence-corrected chi connectivity index (χ1v) is 3.20. The number of carbonyl (C=O) groups is 1. The number of allylic oxidation sites excluding steroid dienone is 1. The van der Waals surface area contributed by atoms with Crippen LogP contribution in [0.4, 0.5) is 0 Å². The highest BCUT2D eigenvalue weighted by molar-refractivity contribution is 5.71. The highest BCUT2D eigenvalue weighted by Crippen LogP contribution is 2.00. The summed E-state index contributed by atoms with van der Waals surface area (Å²) in [5.74, 6) is -1.15. The fraction of sp³-hybridized carbons (Fsp3) is 0.571. The smallest absolute Gasteiger partial charge is 0.332 e. The molecule has 0 aromatic carbocycles. The zero-order chi connectivity index (χ0) is 7.98. The minimum absolute atomic E-state index is 0.307. The van der Waals surface area contributed by atoms with E-state index in [4.69, 9.17) is 10.2 Å². The van der Waals surface area contributed by atoms with Crippen LogP contribution in [0.5, 0.6) is 0 Å². The van der Waals surface area contributed by atoms with Crippen LogP contribution in [0.15, 0.2) is 12.7 Å². The molecule has 2 N–H and O–H groups in total. The number of carboxylic acid groups (broad SMARTS) is 1. The Hall–Kier alpha value is -0.830. The van der Waals surface area contributed by atoms with Gasteiger partial charge in [-0.15, -0.1) is 6.58 Å². The van der Waals surface area contributed by atoms with Crippen LogP contribution in [0.2, 0.25) is 0 Å². The van der Waals surface area contributed by atoms with Crippen molar-refractivity contribution in [2.45, 2.75) is 25.4 Å². The predicted molar refractivity (Wildman–Crippen MR) is 37.7 cm³/mol. The van der Waals surface area contributed by atoms with Crippen molar-refractivity contribution in [3.8, 4) is 0 Å². The van der Waals surface area contributed by atoms with Crippen LogP contribution < -0.4 is 0 Å². The predicted octanol–water partition coefficient (Wildman–Crippen LogP) is 0.788. The lowest BCUT2D eigenvalue weighted by Crippen LogP contribution is -2.18. The minimum Gasteiger partial charge on any atom is -0.479 e. The molecule has 0 aromatic heterocycles. The largest absolute Gasteiger partial charge is 0.479 e. The second kappa shape index (κ2) is 4.99. The Morgan fingerprint density at radius 1 is 1.70 bits per heavy atom. The molecule has 0 unspecified atom stereocenters. The van der Waals surface area contributed by atoms with Gasteiger partial charge in [-0.1, -0.05) is 6.08 Å². The monoisotopic (exact) mass is 144 g/mol. The Balaban J connectivity index is 3.30. The highest BCUT2D eigenvalue weighted by atomic mass is 16.4. The fourth-order valence-electron chi connectivity index (χ4n) is 0.579. The number of hydrogen-bond acceptors (Lipinski definition) is 2. The molecule has 0 bridgehead atoms. The number of hydrogen-bond donors (Lipinski definition) is 2. The minimum atomic E-state index is -1.21. The Bertz CT molecular complexity index is 120. The van der Waals surface area contributed by atoms with E-state index in [0.29, 0.717) is 12.8 Å². The average molecular weight is 144 g/mol. The Morgan fingerprint density at radius 2 is 2.30 bits per heavy atom. The highest BCUT2D eigenvalue weighted by Gasteiger charge is 2.10. The van der Waals surface area contributed by atoms with Crippen LogP contribution in [-0.4, -0.2) is 22.3 Å². The van der Waals surface area contributed by atoms with E-state index in [0.717, 1.165) is 6.42 Å². The van der Waals surface area contributed by atoms with E-state index >= 15 is 0 Å². The van der Waals surface area contributed by atoms with Crippen LogP contribution in [0.1, 0.15) is 19.3 Å². The second-order valence-electron chi connectivity index (χ2n) is 2.07. The molecule has 1 atom stereocenters. The summed E-state index contributed by atoms with van der Waals surface area (Å²) in [6, 6.07) is 0. The maximum absolute atomic E-state index is 10.0. The van der Waals surface area contributed by atoms with Gasteiger partial charge >= 0.3 is 5.97 Å². The van der Waals surface area contributed by atoms with Gasteiger partial charge in [0.15, 0.2) is 6.10 Å². The molecule has 0 aliphatic rings. The first kappa shape index (κ1) is 9.17. The maximum Gasteiger partial charge on any atom is 0.332 e. The zero-order valence-corrected chi connectivity index (χ0v) is 5.79. The molecule has 0 aromatic rings. The van der Waals surface area contributed by atoms with Gasteiger partial charge in [0.2, 0.25) is 0 Å². The van der Waals surface area contributed by atoms with Crippen molar-refractivity contribution in [2.75, 3.05) is 0 Å². The Labute approximate surface area is 60.0 Å². The van der Waals surface area contributed by atoms with Gasteiger partial charge in [0.05, 0.1) is 0 Å². The molecule has 3 heteroatoms. The summed E-state index contributed by atoms with van der Waals surface area (Å²) in [4.78, 5) is 10.0. The molecule has 0 saturated carbocycles. The van der Waals surface area contributed by atoms with Gasteiger partial charge in [-0.25, -0.2) is 4.79 Å². The summed E-state index contributed by atoms with van der Waals surface area (Å²) in [6.45, 7) is 3.47. The summed E-state index contributed by atoms with van der Waals surface area (Å²) < 4.78 is 0.